The zero-order valence-electron chi connectivity index (χ0n) is 17.2. The van der Waals surface area contributed by atoms with Crippen LogP contribution in [0.15, 0.2) is 49.4 Å². The van der Waals surface area contributed by atoms with Gasteiger partial charge < -0.3 is 19.9 Å². The van der Waals surface area contributed by atoms with Crippen LogP contribution in [-0.4, -0.2) is 55.7 Å². The van der Waals surface area contributed by atoms with Gasteiger partial charge in [-0.1, -0.05) is 6.58 Å². The number of amides is 1. The number of aromatic amines is 1. The SMILES string of the molecule is C=CC(=O)N1CCC(n2nc(Nc3ccc(OC)cc3)c3cnc4[nH]cnc2c43)CC1. The molecule has 4 heterocycles. The van der Waals surface area contributed by atoms with Crippen molar-refractivity contribution in [1.82, 2.24) is 29.6 Å². The summed E-state index contributed by atoms with van der Waals surface area (Å²) in [5.74, 6) is 1.48. The van der Waals surface area contributed by atoms with Crippen LogP contribution >= 0.6 is 0 Å². The Morgan fingerprint density at radius 3 is 2.74 bits per heavy atom. The van der Waals surface area contributed by atoms with Crippen molar-refractivity contribution in [3.8, 4) is 5.75 Å². The van der Waals surface area contributed by atoms with Crippen LogP contribution in [0.25, 0.3) is 22.1 Å². The van der Waals surface area contributed by atoms with E-state index in [1.165, 1.54) is 6.08 Å². The summed E-state index contributed by atoms with van der Waals surface area (Å²) < 4.78 is 7.23. The van der Waals surface area contributed by atoms with Gasteiger partial charge in [-0.05, 0) is 43.2 Å². The molecule has 1 saturated heterocycles. The van der Waals surface area contributed by atoms with Crippen molar-refractivity contribution < 1.29 is 9.53 Å². The first kappa shape index (κ1) is 19.1. The molecule has 0 spiro atoms. The summed E-state index contributed by atoms with van der Waals surface area (Å²) in [7, 11) is 1.65. The van der Waals surface area contributed by atoms with Crippen molar-refractivity contribution in [2.24, 2.45) is 0 Å². The second kappa shape index (κ2) is 7.75. The molecule has 0 bridgehead atoms. The monoisotopic (exact) mass is 417 g/mol. The van der Waals surface area contributed by atoms with Gasteiger partial charge in [0.25, 0.3) is 0 Å². The lowest BCUT2D eigenvalue weighted by molar-refractivity contribution is -0.127. The number of nitrogens with zero attached hydrogens (tertiary/aromatic N) is 5. The molecule has 1 amide bonds. The van der Waals surface area contributed by atoms with Crippen molar-refractivity contribution in [1.29, 1.82) is 0 Å². The molecule has 1 fully saturated rings. The van der Waals surface area contributed by atoms with Gasteiger partial charge in [-0.25, -0.2) is 14.6 Å². The highest BCUT2D eigenvalue weighted by Crippen LogP contribution is 2.33. The fourth-order valence-corrected chi connectivity index (χ4v) is 4.12. The summed E-state index contributed by atoms with van der Waals surface area (Å²) in [6, 6.07) is 7.82. The average molecular weight is 417 g/mol. The molecule has 0 radical (unpaired) electrons. The largest absolute Gasteiger partial charge is 0.497 e. The number of hydrogen-bond donors (Lipinski definition) is 2. The molecular weight excluding hydrogens is 394 g/mol. The third kappa shape index (κ3) is 3.37. The van der Waals surface area contributed by atoms with Crippen LogP contribution < -0.4 is 10.1 Å². The van der Waals surface area contributed by atoms with E-state index < -0.39 is 0 Å². The Morgan fingerprint density at radius 1 is 1.26 bits per heavy atom. The molecular formula is C22H23N7O2. The minimum atomic E-state index is -0.0280. The van der Waals surface area contributed by atoms with Crippen LogP contribution in [-0.2, 0) is 4.79 Å². The molecule has 2 N–H and O–H groups in total. The van der Waals surface area contributed by atoms with Crippen LogP contribution in [0, 0.1) is 0 Å². The van der Waals surface area contributed by atoms with Crippen LogP contribution in [0.4, 0.5) is 11.5 Å². The number of carbonyl (C=O) groups excluding carboxylic acids is 1. The van der Waals surface area contributed by atoms with E-state index in [9.17, 15) is 4.79 Å². The lowest BCUT2D eigenvalue weighted by Gasteiger charge is -2.32. The van der Waals surface area contributed by atoms with Crippen molar-refractivity contribution in [2.75, 3.05) is 25.5 Å². The Morgan fingerprint density at radius 2 is 2.03 bits per heavy atom. The van der Waals surface area contributed by atoms with E-state index in [1.807, 2.05) is 40.0 Å². The van der Waals surface area contributed by atoms with E-state index >= 15 is 0 Å². The highest BCUT2D eigenvalue weighted by Gasteiger charge is 2.26. The zero-order valence-corrected chi connectivity index (χ0v) is 17.2. The topological polar surface area (TPSA) is 101 Å². The molecule has 0 aliphatic carbocycles. The molecule has 0 saturated carbocycles. The normalized spacial score (nSPS) is 14.8. The van der Waals surface area contributed by atoms with E-state index in [0.717, 1.165) is 46.3 Å². The van der Waals surface area contributed by atoms with Crippen molar-refractivity contribution in [3.63, 3.8) is 0 Å². The van der Waals surface area contributed by atoms with E-state index in [0.29, 0.717) is 18.9 Å². The van der Waals surface area contributed by atoms with Gasteiger partial charge in [-0.2, -0.15) is 5.10 Å². The van der Waals surface area contributed by atoms with Crippen molar-refractivity contribution in [2.45, 2.75) is 18.9 Å². The summed E-state index contributed by atoms with van der Waals surface area (Å²) >= 11 is 0. The van der Waals surface area contributed by atoms with Crippen LogP contribution in [0.2, 0.25) is 0 Å². The number of anilines is 2. The highest BCUT2D eigenvalue weighted by molar-refractivity contribution is 6.09. The number of H-pyrrole nitrogens is 1. The lowest BCUT2D eigenvalue weighted by Crippen LogP contribution is -2.38. The fraction of sp³-hybridized carbons (Fsp3) is 0.273. The smallest absolute Gasteiger partial charge is 0.245 e. The maximum Gasteiger partial charge on any atom is 0.245 e. The molecule has 5 rings (SSSR count). The van der Waals surface area contributed by atoms with Gasteiger partial charge in [0.1, 0.15) is 11.4 Å². The number of aromatic nitrogens is 5. The molecule has 1 aromatic carbocycles. The number of methoxy groups -OCH3 is 1. The molecule has 3 aromatic heterocycles. The zero-order chi connectivity index (χ0) is 21.4. The first-order chi connectivity index (χ1) is 15.2. The fourth-order valence-electron chi connectivity index (χ4n) is 4.12. The minimum absolute atomic E-state index is 0.0280. The van der Waals surface area contributed by atoms with Crippen molar-refractivity contribution in [3.05, 3.63) is 49.4 Å². The van der Waals surface area contributed by atoms with Crippen molar-refractivity contribution >= 4 is 39.5 Å². The van der Waals surface area contributed by atoms with E-state index in [2.05, 4.69) is 26.8 Å². The quantitative estimate of drug-likeness (QED) is 0.483. The molecule has 158 valence electrons. The lowest BCUT2D eigenvalue weighted by atomic mass is 10.0. The molecule has 1 aliphatic heterocycles. The van der Waals surface area contributed by atoms with Gasteiger partial charge in [-0.3, -0.25) is 4.79 Å². The van der Waals surface area contributed by atoms with Crippen LogP contribution in [0.3, 0.4) is 0 Å². The van der Waals surface area contributed by atoms with E-state index in [1.54, 1.807) is 13.4 Å². The summed E-state index contributed by atoms with van der Waals surface area (Å²) in [6.45, 7) is 4.92. The molecule has 9 heteroatoms. The Hall–Kier alpha value is -3.88. The predicted octanol–water partition coefficient (Wildman–Crippen LogP) is 3.41. The second-order valence-corrected chi connectivity index (χ2v) is 7.53. The number of rotatable bonds is 5. The third-order valence-electron chi connectivity index (χ3n) is 5.77. The number of benzene rings is 1. The number of piperidine rings is 1. The summed E-state index contributed by atoms with van der Waals surface area (Å²) in [6.07, 6.45) is 6.42. The van der Waals surface area contributed by atoms with Gasteiger partial charge in [-0.15, -0.1) is 0 Å². The highest BCUT2D eigenvalue weighted by atomic mass is 16.5. The molecule has 9 nitrogen and oxygen atoms in total. The Labute approximate surface area is 178 Å². The second-order valence-electron chi connectivity index (χ2n) is 7.53. The Kier molecular flexibility index (Phi) is 4.78. The number of nitrogens with one attached hydrogen (secondary N) is 2. The number of hydrogen-bond acceptors (Lipinski definition) is 6. The van der Waals surface area contributed by atoms with Crippen LogP contribution in [0.1, 0.15) is 18.9 Å². The Bertz CT molecular complexity index is 1250. The molecule has 1 aliphatic rings. The third-order valence-corrected chi connectivity index (χ3v) is 5.77. The molecule has 0 unspecified atom stereocenters. The van der Waals surface area contributed by atoms with E-state index in [-0.39, 0.29) is 11.9 Å². The molecule has 0 atom stereocenters. The van der Waals surface area contributed by atoms with Gasteiger partial charge in [0.2, 0.25) is 5.91 Å². The molecule has 4 aromatic rings. The Balaban J connectivity index is 1.54. The summed E-state index contributed by atoms with van der Waals surface area (Å²) in [5, 5.41) is 10.2. The predicted molar refractivity (Wildman–Crippen MR) is 119 cm³/mol. The minimum Gasteiger partial charge on any atom is -0.497 e. The number of likely N-dealkylation sites (tertiary alicyclic amines) is 1. The molecule has 31 heavy (non-hydrogen) atoms. The average Bonchev–Trinajstić information content (AvgIpc) is 3.26. The van der Waals surface area contributed by atoms with Gasteiger partial charge in [0, 0.05) is 25.0 Å². The standard InChI is InChI=1S/C22H23N7O2/c1-3-18(30)28-10-8-15(9-11-28)29-22-19-17(12-23-21(19)24-13-25-22)20(27-29)26-14-4-6-16(31-2)7-5-14/h3-7,12-13,15H,1,8-11H2,2H3,(H,26,27)(H,23,24,25). The van der Waals surface area contributed by atoms with Crippen LogP contribution in [0.5, 0.6) is 5.75 Å². The summed E-state index contributed by atoms with van der Waals surface area (Å²) in [4.78, 5) is 26.0. The van der Waals surface area contributed by atoms with Gasteiger partial charge in [0.05, 0.1) is 30.3 Å². The maximum atomic E-state index is 12.0. The summed E-state index contributed by atoms with van der Waals surface area (Å²) in [5.41, 5.74) is 2.46. The first-order valence-corrected chi connectivity index (χ1v) is 10.2. The number of ether oxygens (including phenoxy) is 1. The van der Waals surface area contributed by atoms with E-state index in [4.69, 9.17) is 9.84 Å². The number of carbonyl (C=O) groups is 1. The first-order valence-electron chi connectivity index (χ1n) is 10.2. The maximum absolute atomic E-state index is 12.0. The van der Waals surface area contributed by atoms with Gasteiger partial charge >= 0.3 is 0 Å². The van der Waals surface area contributed by atoms with Gasteiger partial charge in [0.15, 0.2) is 11.5 Å².